The lowest BCUT2D eigenvalue weighted by Crippen LogP contribution is -2.14. The third kappa shape index (κ3) is 11.8. The lowest BCUT2D eigenvalue weighted by Gasteiger charge is -2.10. The van der Waals surface area contributed by atoms with Crippen LogP contribution in [-0.4, -0.2) is 56.6 Å². The van der Waals surface area contributed by atoms with Crippen molar-refractivity contribution in [3.63, 3.8) is 0 Å². The topological polar surface area (TPSA) is 207 Å². The number of nitro groups is 2. The van der Waals surface area contributed by atoms with Crippen LogP contribution in [0.1, 0.15) is 13.8 Å². The fourth-order valence-corrected chi connectivity index (χ4v) is 7.04. The van der Waals surface area contributed by atoms with Crippen molar-refractivity contribution in [1.82, 2.24) is 10.2 Å². The minimum Gasteiger partial charge on any atom is -0.494 e. The van der Waals surface area contributed by atoms with Crippen LogP contribution in [0.3, 0.4) is 0 Å². The highest BCUT2D eigenvalue weighted by atomic mass is 32.2. The molecule has 0 radical (unpaired) electrons. The van der Waals surface area contributed by atoms with Gasteiger partial charge in [-0.05, 0) is 62.4 Å². The van der Waals surface area contributed by atoms with Gasteiger partial charge in [-0.25, -0.2) is 0 Å². The summed E-state index contributed by atoms with van der Waals surface area (Å²) < 4.78 is 23.3. The minimum absolute atomic E-state index is 0.0780. The first-order valence-corrected chi connectivity index (χ1v) is 18.4. The molecule has 274 valence electrons. The van der Waals surface area contributed by atoms with Crippen LogP contribution >= 0.6 is 34.9 Å². The summed E-state index contributed by atoms with van der Waals surface area (Å²) in [5.41, 5.74) is -0.198. The van der Waals surface area contributed by atoms with Crippen LogP contribution in [0, 0.1) is 20.2 Å². The summed E-state index contributed by atoms with van der Waals surface area (Å²) in [5, 5.41) is 36.5. The van der Waals surface area contributed by atoms with Crippen LogP contribution < -0.4 is 29.6 Å². The third-order valence-electron chi connectivity index (χ3n) is 6.55. The number of carbonyl (C=O) groups excluding carboxylic acids is 2. The van der Waals surface area contributed by atoms with Gasteiger partial charge in [0, 0.05) is 24.3 Å². The zero-order chi connectivity index (χ0) is 37.7. The molecule has 2 amide bonds. The highest BCUT2D eigenvalue weighted by Gasteiger charge is 2.17. The summed E-state index contributed by atoms with van der Waals surface area (Å²) in [7, 11) is 0. The Morgan fingerprint density at radius 1 is 0.623 bits per heavy atom. The molecule has 0 saturated carbocycles. The molecule has 19 heteroatoms. The molecule has 0 bridgehead atoms. The summed E-state index contributed by atoms with van der Waals surface area (Å²) >= 11 is 3.35. The normalized spacial score (nSPS) is 10.6. The number of nitro benzene ring substituents is 2. The number of non-ortho nitro benzene ring substituents is 2. The van der Waals surface area contributed by atoms with E-state index in [0.29, 0.717) is 44.9 Å². The molecule has 2 N–H and O–H groups in total. The van der Waals surface area contributed by atoms with Gasteiger partial charge in [0.2, 0.25) is 11.8 Å². The minimum atomic E-state index is -0.587. The molecular weight excluding hydrogens is 749 g/mol. The van der Waals surface area contributed by atoms with Crippen LogP contribution in [0.25, 0.3) is 0 Å². The van der Waals surface area contributed by atoms with E-state index in [2.05, 4.69) is 20.8 Å². The van der Waals surface area contributed by atoms with E-state index in [-0.39, 0.29) is 45.8 Å². The number of carbonyl (C=O) groups is 2. The Morgan fingerprint density at radius 3 is 1.36 bits per heavy atom. The van der Waals surface area contributed by atoms with E-state index in [4.69, 9.17) is 18.9 Å². The van der Waals surface area contributed by atoms with Crippen molar-refractivity contribution in [2.24, 2.45) is 0 Å². The fraction of sp³-hybridized carbons (Fsp3) is 0.176. The van der Waals surface area contributed by atoms with E-state index in [1.165, 1.54) is 36.4 Å². The van der Waals surface area contributed by atoms with Crippen molar-refractivity contribution < 1.29 is 38.4 Å². The standard InChI is InChI=1S/C34H30N6O10S3/c1-3-47-25-5-9-27(10-6-25)49-29-15-21(13-23(17-29)39(43)44)35-31(41)19-51-33-37-38-34(53-33)52-20-32(42)36-22-14-24(40(45)46)18-30(16-22)50-28-11-7-26(8-12-28)48-4-2/h5-18H,3-4,19-20H2,1-2H3,(H,35,41)(H,36,42). The number of nitrogens with one attached hydrogen (secondary N) is 2. The Bertz CT molecular complexity index is 1940. The van der Waals surface area contributed by atoms with E-state index in [1.54, 1.807) is 48.5 Å². The number of nitrogens with zero attached hydrogens (tertiary/aromatic N) is 4. The van der Waals surface area contributed by atoms with Gasteiger partial charge >= 0.3 is 0 Å². The van der Waals surface area contributed by atoms with Crippen molar-refractivity contribution >= 4 is 69.4 Å². The second-order valence-electron chi connectivity index (χ2n) is 10.5. The van der Waals surface area contributed by atoms with E-state index >= 15 is 0 Å². The maximum absolute atomic E-state index is 12.7. The predicted octanol–water partition coefficient (Wildman–Crippen LogP) is 8.20. The predicted molar refractivity (Wildman–Crippen MR) is 200 cm³/mol. The summed E-state index contributed by atoms with van der Waals surface area (Å²) in [4.78, 5) is 47.4. The van der Waals surface area contributed by atoms with Gasteiger partial charge in [-0.2, -0.15) is 0 Å². The summed E-state index contributed by atoms with van der Waals surface area (Å²) in [6.45, 7) is 4.73. The van der Waals surface area contributed by atoms with Gasteiger partial charge in [-0.3, -0.25) is 29.8 Å². The number of aromatic nitrogens is 2. The van der Waals surface area contributed by atoms with Crippen molar-refractivity contribution in [2.75, 3.05) is 35.4 Å². The van der Waals surface area contributed by atoms with Crippen LogP contribution in [0.15, 0.2) is 93.6 Å². The maximum Gasteiger partial charge on any atom is 0.275 e. The largest absolute Gasteiger partial charge is 0.494 e. The number of hydrogen-bond donors (Lipinski definition) is 2. The maximum atomic E-state index is 12.7. The molecule has 0 saturated heterocycles. The van der Waals surface area contributed by atoms with Gasteiger partial charge in [0.05, 0.1) is 58.1 Å². The first kappa shape index (κ1) is 38.3. The van der Waals surface area contributed by atoms with Crippen molar-refractivity contribution in [2.45, 2.75) is 22.5 Å². The molecule has 5 rings (SSSR count). The fourth-order valence-electron chi connectivity index (χ4n) is 4.42. The zero-order valence-corrected chi connectivity index (χ0v) is 30.5. The van der Waals surface area contributed by atoms with Crippen LogP contribution in [0.2, 0.25) is 0 Å². The summed E-state index contributed by atoms with van der Waals surface area (Å²) in [6, 6.07) is 21.4. The number of ether oxygens (including phenoxy) is 4. The molecule has 1 aromatic heterocycles. The second kappa shape index (κ2) is 18.5. The van der Waals surface area contributed by atoms with Crippen molar-refractivity contribution in [3.05, 3.63) is 105 Å². The monoisotopic (exact) mass is 778 g/mol. The second-order valence-corrected chi connectivity index (χ2v) is 13.9. The van der Waals surface area contributed by atoms with Crippen molar-refractivity contribution in [1.29, 1.82) is 0 Å². The molecule has 0 atom stereocenters. The number of benzene rings is 4. The van der Waals surface area contributed by atoms with Gasteiger partial charge in [0.15, 0.2) is 8.68 Å². The summed E-state index contributed by atoms with van der Waals surface area (Å²) in [6.07, 6.45) is 0. The molecule has 0 fully saturated rings. The molecule has 5 aromatic rings. The SMILES string of the molecule is CCOc1ccc(Oc2cc(NC(=O)CSc3nnc(SCC(=O)Nc4cc(Oc5ccc(OCC)cc5)cc([N+](=O)[O-])c4)s3)cc([N+](=O)[O-])c2)cc1. The quantitative estimate of drug-likeness (QED) is 0.0488. The number of amides is 2. The Labute approximate surface area is 314 Å². The van der Waals surface area contributed by atoms with Gasteiger partial charge in [0.25, 0.3) is 11.4 Å². The molecule has 0 aliphatic rings. The van der Waals surface area contributed by atoms with Gasteiger partial charge in [-0.1, -0.05) is 34.9 Å². The van der Waals surface area contributed by atoms with Gasteiger partial charge < -0.3 is 29.6 Å². The molecule has 0 aliphatic carbocycles. The Morgan fingerprint density at radius 2 is 1.00 bits per heavy atom. The lowest BCUT2D eigenvalue weighted by atomic mass is 10.2. The van der Waals surface area contributed by atoms with E-state index in [0.717, 1.165) is 34.9 Å². The molecule has 53 heavy (non-hydrogen) atoms. The molecule has 4 aromatic carbocycles. The average Bonchev–Trinajstić information content (AvgIpc) is 3.59. The first-order valence-electron chi connectivity index (χ1n) is 15.7. The first-order chi connectivity index (χ1) is 25.6. The lowest BCUT2D eigenvalue weighted by molar-refractivity contribution is -0.385. The van der Waals surface area contributed by atoms with Crippen LogP contribution in [-0.2, 0) is 9.59 Å². The third-order valence-corrected chi connectivity index (χ3v) is 9.74. The highest BCUT2D eigenvalue weighted by molar-refractivity contribution is 8.03. The zero-order valence-electron chi connectivity index (χ0n) is 28.0. The van der Waals surface area contributed by atoms with Crippen LogP contribution in [0.4, 0.5) is 22.7 Å². The van der Waals surface area contributed by atoms with E-state index in [1.807, 2.05) is 13.8 Å². The Kier molecular flexibility index (Phi) is 13.4. The summed E-state index contributed by atoms with van der Waals surface area (Å²) in [5.74, 6) is 1.40. The van der Waals surface area contributed by atoms with E-state index in [9.17, 15) is 29.8 Å². The molecule has 0 aliphatic heterocycles. The Balaban J connectivity index is 1.12. The molecule has 0 unspecified atom stereocenters. The molecule has 1 heterocycles. The number of anilines is 2. The number of thioether (sulfide) groups is 2. The van der Waals surface area contributed by atoms with E-state index < -0.39 is 21.7 Å². The van der Waals surface area contributed by atoms with Crippen molar-refractivity contribution in [3.8, 4) is 34.5 Å². The number of rotatable bonds is 18. The molecule has 16 nitrogen and oxygen atoms in total. The smallest absolute Gasteiger partial charge is 0.275 e. The molecule has 0 spiro atoms. The van der Waals surface area contributed by atoms with Gasteiger partial charge in [-0.15, -0.1) is 10.2 Å². The Hall–Kier alpha value is -5.92. The molecular formula is C34H30N6O10S3. The average molecular weight is 779 g/mol. The number of hydrogen-bond acceptors (Lipinski definition) is 15. The highest BCUT2D eigenvalue weighted by Crippen LogP contribution is 2.33. The van der Waals surface area contributed by atoms with Crippen LogP contribution in [0.5, 0.6) is 34.5 Å². The van der Waals surface area contributed by atoms with Gasteiger partial charge in [0.1, 0.15) is 34.5 Å².